The molecule has 5 nitrogen and oxygen atoms in total. The maximum Gasteiger partial charge on any atom is 0.315 e. The van der Waals surface area contributed by atoms with Gasteiger partial charge in [0.2, 0.25) is 5.91 Å². The highest BCUT2D eigenvalue weighted by Gasteiger charge is 2.20. The molecule has 0 aliphatic carbocycles. The Bertz CT molecular complexity index is 715. The molecule has 3 amide bonds. The lowest BCUT2D eigenvalue weighted by Gasteiger charge is -2.18. The Morgan fingerprint density at radius 2 is 1.96 bits per heavy atom. The van der Waals surface area contributed by atoms with Crippen LogP contribution in [0, 0.1) is 0 Å². The molecule has 1 saturated heterocycles. The Balaban J connectivity index is 1.47. The number of benzene rings is 1. The minimum Gasteiger partial charge on any atom is -0.338 e. The van der Waals surface area contributed by atoms with Crippen LogP contribution in [0.1, 0.15) is 28.8 Å². The number of nitrogens with zero attached hydrogens (tertiary/aromatic N) is 1. The van der Waals surface area contributed by atoms with E-state index in [2.05, 4.69) is 16.7 Å². The molecule has 1 fully saturated rings. The van der Waals surface area contributed by atoms with Crippen molar-refractivity contribution in [3.63, 3.8) is 0 Å². The summed E-state index contributed by atoms with van der Waals surface area (Å²) in [5.74, 6) is 0.217. The van der Waals surface area contributed by atoms with Crippen LogP contribution in [0.4, 0.5) is 4.79 Å². The van der Waals surface area contributed by atoms with Crippen LogP contribution >= 0.6 is 11.3 Å². The summed E-state index contributed by atoms with van der Waals surface area (Å²) < 4.78 is 0. The number of likely N-dealkylation sites (tertiary alicyclic amines) is 1. The zero-order chi connectivity index (χ0) is 17.5. The molecular formula is C19H23N3O2S. The quantitative estimate of drug-likeness (QED) is 0.800. The van der Waals surface area contributed by atoms with Gasteiger partial charge in [-0.3, -0.25) is 4.79 Å². The maximum atomic E-state index is 12.0. The van der Waals surface area contributed by atoms with E-state index >= 15 is 0 Å². The molecule has 132 valence electrons. The molecule has 2 heterocycles. The monoisotopic (exact) mass is 357 g/mol. The predicted octanol–water partition coefficient (Wildman–Crippen LogP) is 2.91. The molecule has 2 N–H and O–H groups in total. The van der Waals surface area contributed by atoms with Crippen molar-refractivity contribution in [3.8, 4) is 0 Å². The SMILES string of the molecule is O=C(NCCc1cccs1)NCc1ccccc1CN1CCCC1=O. The van der Waals surface area contributed by atoms with Crippen LogP contribution in [-0.4, -0.2) is 29.9 Å². The lowest BCUT2D eigenvalue weighted by molar-refractivity contribution is -0.128. The first-order chi connectivity index (χ1) is 12.2. The van der Waals surface area contributed by atoms with E-state index in [4.69, 9.17) is 0 Å². The van der Waals surface area contributed by atoms with Crippen molar-refractivity contribution in [1.29, 1.82) is 0 Å². The van der Waals surface area contributed by atoms with Gasteiger partial charge in [-0.15, -0.1) is 11.3 Å². The molecule has 0 bridgehead atoms. The van der Waals surface area contributed by atoms with Crippen molar-refractivity contribution >= 4 is 23.3 Å². The van der Waals surface area contributed by atoms with E-state index < -0.39 is 0 Å². The normalized spacial score (nSPS) is 13.9. The largest absolute Gasteiger partial charge is 0.338 e. The maximum absolute atomic E-state index is 12.0. The standard InChI is InChI=1S/C19H23N3O2S/c23-18-8-3-11-22(18)14-16-6-2-1-5-15(16)13-21-19(24)20-10-9-17-7-4-12-25-17/h1-2,4-7,12H,3,8-11,13-14H2,(H2,20,21,24). The first kappa shape index (κ1) is 17.5. The smallest absolute Gasteiger partial charge is 0.315 e. The third-order valence-electron chi connectivity index (χ3n) is 4.33. The van der Waals surface area contributed by atoms with Crippen LogP contribution in [0.2, 0.25) is 0 Å². The zero-order valence-corrected chi connectivity index (χ0v) is 15.0. The number of nitrogens with one attached hydrogen (secondary N) is 2. The highest BCUT2D eigenvalue weighted by molar-refractivity contribution is 7.09. The first-order valence-electron chi connectivity index (χ1n) is 8.61. The van der Waals surface area contributed by atoms with Crippen LogP contribution in [0.25, 0.3) is 0 Å². The molecular weight excluding hydrogens is 334 g/mol. The second-order valence-corrected chi connectivity index (χ2v) is 7.16. The number of carbonyl (C=O) groups excluding carboxylic acids is 2. The van der Waals surface area contributed by atoms with Gasteiger partial charge >= 0.3 is 6.03 Å². The molecule has 3 rings (SSSR count). The van der Waals surface area contributed by atoms with E-state index in [1.54, 1.807) is 11.3 Å². The van der Waals surface area contributed by atoms with Crippen LogP contribution in [0.3, 0.4) is 0 Å². The summed E-state index contributed by atoms with van der Waals surface area (Å²) in [5.41, 5.74) is 2.15. The van der Waals surface area contributed by atoms with Crippen LogP contribution < -0.4 is 10.6 Å². The summed E-state index contributed by atoms with van der Waals surface area (Å²) in [7, 11) is 0. The third-order valence-corrected chi connectivity index (χ3v) is 5.26. The number of urea groups is 1. The van der Waals surface area contributed by atoms with Gasteiger partial charge in [-0.05, 0) is 35.4 Å². The number of thiophene rings is 1. The highest BCUT2D eigenvalue weighted by Crippen LogP contribution is 2.17. The molecule has 25 heavy (non-hydrogen) atoms. The molecule has 0 unspecified atom stereocenters. The van der Waals surface area contributed by atoms with Gasteiger partial charge in [-0.2, -0.15) is 0 Å². The molecule has 1 aliphatic heterocycles. The summed E-state index contributed by atoms with van der Waals surface area (Å²) in [6.45, 7) is 2.53. The molecule has 1 aromatic heterocycles. The molecule has 0 saturated carbocycles. The number of hydrogen-bond donors (Lipinski definition) is 2. The number of amides is 3. The minimum atomic E-state index is -0.163. The van der Waals surface area contributed by atoms with Gasteiger partial charge in [0, 0.05) is 37.5 Å². The second-order valence-electron chi connectivity index (χ2n) is 6.13. The lowest BCUT2D eigenvalue weighted by Crippen LogP contribution is -2.36. The average molecular weight is 357 g/mol. The lowest BCUT2D eigenvalue weighted by atomic mass is 10.1. The molecule has 2 aromatic rings. The molecule has 0 spiro atoms. The van der Waals surface area contributed by atoms with E-state index in [0.29, 0.717) is 26.1 Å². The van der Waals surface area contributed by atoms with Gasteiger partial charge < -0.3 is 15.5 Å². The summed E-state index contributed by atoms with van der Waals surface area (Å²) in [6.07, 6.45) is 2.43. The van der Waals surface area contributed by atoms with E-state index in [0.717, 1.165) is 30.5 Å². The van der Waals surface area contributed by atoms with Crippen molar-refractivity contribution in [2.75, 3.05) is 13.1 Å². The van der Waals surface area contributed by atoms with Crippen LogP contribution in [0.15, 0.2) is 41.8 Å². The molecule has 1 aromatic carbocycles. The average Bonchev–Trinajstić information content (AvgIpc) is 3.26. The van der Waals surface area contributed by atoms with Crippen molar-refractivity contribution in [1.82, 2.24) is 15.5 Å². The summed E-state index contributed by atoms with van der Waals surface area (Å²) in [6, 6.07) is 11.9. The Morgan fingerprint density at radius 3 is 2.68 bits per heavy atom. The van der Waals surface area contributed by atoms with E-state index in [1.807, 2.05) is 40.6 Å². The third kappa shape index (κ3) is 5.06. The molecule has 0 radical (unpaired) electrons. The van der Waals surface area contributed by atoms with Gasteiger partial charge in [0.05, 0.1) is 0 Å². The summed E-state index contributed by atoms with van der Waals surface area (Å²) in [4.78, 5) is 26.9. The Hall–Kier alpha value is -2.34. The fourth-order valence-electron chi connectivity index (χ4n) is 2.95. The van der Waals surface area contributed by atoms with E-state index in [9.17, 15) is 9.59 Å². The Morgan fingerprint density at radius 1 is 1.12 bits per heavy atom. The van der Waals surface area contributed by atoms with Gasteiger partial charge in [0.25, 0.3) is 0 Å². The van der Waals surface area contributed by atoms with Crippen molar-refractivity contribution in [2.45, 2.75) is 32.4 Å². The molecule has 0 atom stereocenters. The number of carbonyl (C=O) groups is 2. The van der Waals surface area contributed by atoms with Gasteiger partial charge in [-0.1, -0.05) is 30.3 Å². The Kier molecular flexibility index (Phi) is 6.06. The van der Waals surface area contributed by atoms with E-state index in [1.165, 1.54) is 4.88 Å². The Labute approximate surface area is 152 Å². The van der Waals surface area contributed by atoms with Gasteiger partial charge in [0.1, 0.15) is 0 Å². The van der Waals surface area contributed by atoms with Crippen LogP contribution in [0.5, 0.6) is 0 Å². The van der Waals surface area contributed by atoms with E-state index in [-0.39, 0.29) is 11.9 Å². The second kappa shape index (κ2) is 8.67. The van der Waals surface area contributed by atoms with Crippen molar-refractivity contribution in [2.24, 2.45) is 0 Å². The van der Waals surface area contributed by atoms with Gasteiger partial charge in [-0.25, -0.2) is 4.79 Å². The highest BCUT2D eigenvalue weighted by atomic mass is 32.1. The molecule has 6 heteroatoms. The zero-order valence-electron chi connectivity index (χ0n) is 14.2. The summed E-state index contributed by atoms with van der Waals surface area (Å²) >= 11 is 1.70. The van der Waals surface area contributed by atoms with Gasteiger partial charge in [0.15, 0.2) is 0 Å². The fourth-order valence-corrected chi connectivity index (χ4v) is 3.66. The molecule has 1 aliphatic rings. The first-order valence-corrected chi connectivity index (χ1v) is 9.49. The number of rotatable bonds is 7. The topological polar surface area (TPSA) is 61.4 Å². The van der Waals surface area contributed by atoms with Crippen LogP contribution in [-0.2, 0) is 24.3 Å². The minimum absolute atomic E-state index is 0.163. The summed E-state index contributed by atoms with van der Waals surface area (Å²) in [5, 5.41) is 7.83. The predicted molar refractivity (Wildman–Crippen MR) is 99.4 cm³/mol. The number of hydrogen-bond acceptors (Lipinski definition) is 3. The fraction of sp³-hybridized carbons (Fsp3) is 0.368. The van der Waals surface area contributed by atoms with Crippen molar-refractivity contribution < 1.29 is 9.59 Å². The van der Waals surface area contributed by atoms with Crippen molar-refractivity contribution in [3.05, 3.63) is 57.8 Å².